The lowest BCUT2D eigenvalue weighted by atomic mass is 10.1. The molecule has 0 amide bonds. The van der Waals surface area contributed by atoms with Crippen LogP contribution in [0, 0.1) is 13.8 Å². The van der Waals surface area contributed by atoms with Crippen molar-refractivity contribution in [3.63, 3.8) is 0 Å². The lowest BCUT2D eigenvalue weighted by Crippen LogP contribution is -2.25. The number of benzene rings is 1. The van der Waals surface area contributed by atoms with Crippen molar-refractivity contribution in [3.8, 4) is 0 Å². The standard InChI is InChI=1S/C16H18N4S/c1-11-7-6-9-14(12(11)2)18-16(21)20-19-13(3)15-8-4-5-10-17-15/h4-10H,1-3H3,(H2,18,20,21)/b19-13-. The summed E-state index contributed by atoms with van der Waals surface area (Å²) in [4.78, 5) is 4.23. The number of hydrazone groups is 1. The average Bonchev–Trinajstić information content (AvgIpc) is 2.50. The van der Waals surface area contributed by atoms with Crippen molar-refractivity contribution in [2.24, 2.45) is 5.10 Å². The number of aryl methyl sites for hydroxylation is 1. The summed E-state index contributed by atoms with van der Waals surface area (Å²) in [7, 11) is 0. The molecule has 1 aromatic carbocycles. The van der Waals surface area contributed by atoms with Gasteiger partial charge in [-0.3, -0.25) is 10.4 Å². The molecule has 0 bridgehead atoms. The third-order valence-corrected chi connectivity index (χ3v) is 3.41. The Bertz CT molecular complexity index is 665. The number of nitrogens with zero attached hydrogens (tertiary/aromatic N) is 2. The molecule has 0 spiro atoms. The van der Waals surface area contributed by atoms with Gasteiger partial charge in [0.05, 0.1) is 11.4 Å². The van der Waals surface area contributed by atoms with Gasteiger partial charge in [0.2, 0.25) is 0 Å². The Morgan fingerprint density at radius 1 is 1.14 bits per heavy atom. The van der Waals surface area contributed by atoms with Gasteiger partial charge in [0, 0.05) is 11.9 Å². The fraction of sp³-hybridized carbons (Fsp3) is 0.188. The van der Waals surface area contributed by atoms with Gasteiger partial charge in [-0.1, -0.05) is 18.2 Å². The molecule has 0 saturated carbocycles. The van der Waals surface area contributed by atoms with Crippen LogP contribution in [0.2, 0.25) is 0 Å². The lowest BCUT2D eigenvalue weighted by Gasteiger charge is -2.12. The van der Waals surface area contributed by atoms with E-state index < -0.39 is 0 Å². The molecule has 0 fully saturated rings. The molecule has 5 heteroatoms. The molecule has 0 aliphatic rings. The highest BCUT2D eigenvalue weighted by atomic mass is 32.1. The van der Waals surface area contributed by atoms with Gasteiger partial charge in [-0.25, -0.2) is 0 Å². The van der Waals surface area contributed by atoms with Gasteiger partial charge < -0.3 is 5.32 Å². The zero-order chi connectivity index (χ0) is 15.2. The van der Waals surface area contributed by atoms with Gasteiger partial charge in [0.1, 0.15) is 0 Å². The minimum absolute atomic E-state index is 0.457. The molecule has 0 aliphatic carbocycles. The van der Waals surface area contributed by atoms with Crippen molar-refractivity contribution < 1.29 is 0 Å². The number of rotatable bonds is 3. The summed E-state index contributed by atoms with van der Waals surface area (Å²) in [6.45, 7) is 6.01. The Hall–Kier alpha value is -2.27. The second kappa shape index (κ2) is 6.95. The molecule has 0 unspecified atom stereocenters. The van der Waals surface area contributed by atoms with Gasteiger partial charge >= 0.3 is 0 Å². The van der Waals surface area contributed by atoms with Crippen LogP contribution in [-0.2, 0) is 0 Å². The first kappa shape index (κ1) is 15.1. The molecule has 0 aliphatic heterocycles. The molecule has 0 radical (unpaired) electrons. The summed E-state index contributed by atoms with van der Waals surface area (Å²) >= 11 is 5.26. The monoisotopic (exact) mass is 298 g/mol. The van der Waals surface area contributed by atoms with Gasteiger partial charge in [0.15, 0.2) is 5.11 Å². The average molecular weight is 298 g/mol. The van der Waals surface area contributed by atoms with Crippen LogP contribution in [0.1, 0.15) is 23.7 Å². The van der Waals surface area contributed by atoms with E-state index in [-0.39, 0.29) is 0 Å². The van der Waals surface area contributed by atoms with Crippen LogP contribution in [0.4, 0.5) is 5.69 Å². The molecule has 1 heterocycles. The Morgan fingerprint density at radius 2 is 1.95 bits per heavy atom. The van der Waals surface area contributed by atoms with Crippen LogP contribution in [0.15, 0.2) is 47.7 Å². The third-order valence-electron chi connectivity index (χ3n) is 3.21. The maximum atomic E-state index is 5.26. The third kappa shape index (κ3) is 4.10. The van der Waals surface area contributed by atoms with Gasteiger partial charge in [0.25, 0.3) is 0 Å². The molecule has 2 N–H and O–H groups in total. The van der Waals surface area contributed by atoms with E-state index in [1.54, 1.807) is 6.20 Å². The van der Waals surface area contributed by atoms with E-state index in [9.17, 15) is 0 Å². The first-order valence-electron chi connectivity index (χ1n) is 6.67. The fourth-order valence-corrected chi connectivity index (χ4v) is 1.96. The maximum Gasteiger partial charge on any atom is 0.191 e. The molecule has 1 aromatic heterocycles. The second-order valence-electron chi connectivity index (χ2n) is 4.73. The van der Waals surface area contributed by atoms with E-state index in [0.29, 0.717) is 5.11 Å². The maximum absolute atomic E-state index is 5.26. The quantitative estimate of drug-likeness (QED) is 0.518. The molecule has 21 heavy (non-hydrogen) atoms. The van der Waals surface area contributed by atoms with Crippen LogP contribution >= 0.6 is 12.2 Å². The van der Waals surface area contributed by atoms with Crippen molar-refractivity contribution in [1.29, 1.82) is 0 Å². The number of aromatic nitrogens is 1. The number of hydrogen-bond acceptors (Lipinski definition) is 3. The SMILES string of the molecule is C/C(=N/NC(=S)Nc1cccc(C)c1C)c1ccccn1. The largest absolute Gasteiger partial charge is 0.331 e. The number of pyridine rings is 1. The highest BCUT2D eigenvalue weighted by molar-refractivity contribution is 7.80. The van der Waals surface area contributed by atoms with Crippen molar-refractivity contribution in [2.75, 3.05) is 5.32 Å². The van der Waals surface area contributed by atoms with Crippen molar-refractivity contribution in [2.45, 2.75) is 20.8 Å². The van der Waals surface area contributed by atoms with E-state index in [0.717, 1.165) is 17.1 Å². The zero-order valence-electron chi connectivity index (χ0n) is 12.3. The van der Waals surface area contributed by atoms with Gasteiger partial charge in [-0.15, -0.1) is 0 Å². The number of thiocarbonyl (C=S) groups is 1. The number of anilines is 1. The van der Waals surface area contributed by atoms with Crippen molar-refractivity contribution >= 4 is 28.7 Å². The number of hydrogen-bond donors (Lipinski definition) is 2. The first-order chi connectivity index (χ1) is 10.1. The molecule has 4 nitrogen and oxygen atoms in total. The molecule has 2 rings (SSSR count). The van der Waals surface area contributed by atoms with Gasteiger partial charge in [-0.05, 0) is 62.3 Å². The lowest BCUT2D eigenvalue weighted by molar-refractivity contribution is 1.03. The minimum Gasteiger partial charge on any atom is -0.331 e. The molecule has 0 saturated heterocycles. The van der Waals surface area contributed by atoms with E-state index >= 15 is 0 Å². The fourth-order valence-electron chi connectivity index (χ4n) is 1.81. The highest BCUT2D eigenvalue weighted by Crippen LogP contribution is 2.17. The van der Waals surface area contributed by atoms with Crippen LogP contribution < -0.4 is 10.7 Å². The van der Waals surface area contributed by atoms with E-state index in [1.807, 2.05) is 37.3 Å². The molecule has 0 atom stereocenters. The van der Waals surface area contributed by atoms with Crippen LogP contribution in [-0.4, -0.2) is 15.8 Å². The normalized spacial score (nSPS) is 11.1. The summed E-state index contributed by atoms with van der Waals surface area (Å²) in [6.07, 6.45) is 1.74. The van der Waals surface area contributed by atoms with Gasteiger partial charge in [-0.2, -0.15) is 5.10 Å². The predicted octanol–water partition coefficient (Wildman–Crippen LogP) is 3.41. The van der Waals surface area contributed by atoms with Crippen molar-refractivity contribution in [3.05, 3.63) is 59.4 Å². The second-order valence-corrected chi connectivity index (χ2v) is 5.13. The van der Waals surface area contributed by atoms with Crippen molar-refractivity contribution in [1.82, 2.24) is 10.4 Å². The Labute approximate surface area is 130 Å². The first-order valence-corrected chi connectivity index (χ1v) is 7.07. The van der Waals surface area contributed by atoms with Crippen LogP contribution in [0.3, 0.4) is 0 Å². The summed E-state index contributed by atoms with van der Waals surface area (Å²) in [5.74, 6) is 0. The highest BCUT2D eigenvalue weighted by Gasteiger charge is 2.03. The number of nitrogens with one attached hydrogen (secondary N) is 2. The summed E-state index contributed by atoms with van der Waals surface area (Å²) < 4.78 is 0. The Kier molecular flexibility index (Phi) is 5.00. The van der Waals surface area contributed by atoms with E-state index in [4.69, 9.17) is 12.2 Å². The molecule has 108 valence electrons. The minimum atomic E-state index is 0.457. The van der Waals surface area contributed by atoms with E-state index in [2.05, 4.69) is 40.7 Å². The Balaban J connectivity index is 2.01. The Morgan fingerprint density at radius 3 is 2.67 bits per heavy atom. The smallest absolute Gasteiger partial charge is 0.191 e. The molecule has 2 aromatic rings. The van der Waals surface area contributed by atoms with E-state index in [1.165, 1.54) is 11.1 Å². The summed E-state index contributed by atoms with van der Waals surface area (Å²) in [5.41, 5.74) is 7.82. The topological polar surface area (TPSA) is 49.3 Å². The predicted molar refractivity (Wildman–Crippen MR) is 91.7 cm³/mol. The van der Waals surface area contributed by atoms with Crippen LogP contribution in [0.25, 0.3) is 0 Å². The summed E-state index contributed by atoms with van der Waals surface area (Å²) in [6, 6.07) is 11.8. The molecular weight excluding hydrogens is 280 g/mol. The van der Waals surface area contributed by atoms with Crippen LogP contribution in [0.5, 0.6) is 0 Å². The zero-order valence-corrected chi connectivity index (χ0v) is 13.2. The summed E-state index contributed by atoms with van der Waals surface area (Å²) in [5, 5.41) is 7.85. The molecular formula is C16H18N4S.